The van der Waals surface area contributed by atoms with Gasteiger partial charge in [0.25, 0.3) is 0 Å². The fraction of sp³-hybridized carbons (Fsp3) is 0.304. The van der Waals surface area contributed by atoms with Crippen molar-refractivity contribution < 1.29 is 14.0 Å². The molecule has 1 aromatic heterocycles. The van der Waals surface area contributed by atoms with Gasteiger partial charge in [-0.25, -0.2) is 4.39 Å². The highest BCUT2D eigenvalue weighted by Gasteiger charge is 2.24. The van der Waals surface area contributed by atoms with Crippen molar-refractivity contribution in [1.29, 1.82) is 0 Å². The monoisotopic (exact) mass is 393 g/mol. The number of aromatic nitrogens is 1. The van der Waals surface area contributed by atoms with E-state index in [1.165, 1.54) is 12.1 Å². The fourth-order valence-electron chi connectivity index (χ4n) is 3.88. The predicted octanol–water partition coefficient (Wildman–Crippen LogP) is 3.50. The normalized spacial score (nSPS) is 15.0. The van der Waals surface area contributed by atoms with Crippen molar-refractivity contribution in [2.75, 3.05) is 19.6 Å². The van der Waals surface area contributed by atoms with Crippen LogP contribution in [0.3, 0.4) is 0 Å². The van der Waals surface area contributed by atoms with E-state index in [2.05, 4.69) is 11.1 Å². The second kappa shape index (κ2) is 8.47. The molecule has 1 aliphatic heterocycles. The van der Waals surface area contributed by atoms with Crippen LogP contribution in [0.2, 0.25) is 0 Å². The Balaban J connectivity index is 1.34. The molecule has 2 amide bonds. The summed E-state index contributed by atoms with van der Waals surface area (Å²) < 4.78 is 13.4. The van der Waals surface area contributed by atoms with Gasteiger partial charge >= 0.3 is 0 Å². The summed E-state index contributed by atoms with van der Waals surface area (Å²) in [5, 5.41) is 1.15. The number of fused-ring (bicyclic) bond motifs is 1. The molecule has 2 aromatic carbocycles. The summed E-state index contributed by atoms with van der Waals surface area (Å²) in [5.41, 5.74) is 2.97. The average molecular weight is 393 g/mol. The quantitative estimate of drug-likeness (QED) is 0.721. The minimum Gasteiger partial charge on any atom is -0.361 e. The topological polar surface area (TPSA) is 56.4 Å². The summed E-state index contributed by atoms with van der Waals surface area (Å²) in [6, 6.07) is 14.4. The highest BCUT2D eigenvalue weighted by atomic mass is 19.1. The SMILES string of the molecule is O=C(CCc1c[nH]c2ccccc12)N1CCC(=O)N(Cc2cccc(F)c2)CC1. The van der Waals surface area contributed by atoms with E-state index in [0.29, 0.717) is 45.4 Å². The number of benzene rings is 2. The first kappa shape index (κ1) is 19.2. The first-order valence-electron chi connectivity index (χ1n) is 9.95. The van der Waals surface area contributed by atoms with Crippen molar-refractivity contribution in [2.24, 2.45) is 0 Å². The number of para-hydroxylation sites is 1. The Hall–Kier alpha value is -3.15. The van der Waals surface area contributed by atoms with Crippen LogP contribution >= 0.6 is 0 Å². The number of nitrogens with zero attached hydrogens (tertiary/aromatic N) is 2. The molecule has 0 aliphatic carbocycles. The maximum absolute atomic E-state index is 13.4. The van der Waals surface area contributed by atoms with E-state index in [4.69, 9.17) is 0 Å². The number of H-pyrrole nitrogens is 1. The Kier molecular flexibility index (Phi) is 5.60. The Labute approximate surface area is 169 Å². The Morgan fingerprint density at radius 3 is 2.79 bits per heavy atom. The van der Waals surface area contributed by atoms with E-state index in [0.717, 1.165) is 22.0 Å². The third-order valence-electron chi connectivity index (χ3n) is 5.49. The molecule has 1 fully saturated rings. The third kappa shape index (κ3) is 4.47. The second-order valence-corrected chi connectivity index (χ2v) is 7.44. The first-order chi connectivity index (χ1) is 14.1. The molecule has 1 N–H and O–H groups in total. The molecule has 150 valence electrons. The van der Waals surface area contributed by atoms with Gasteiger partial charge in [-0.15, -0.1) is 0 Å². The number of rotatable bonds is 5. The zero-order chi connectivity index (χ0) is 20.2. The van der Waals surface area contributed by atoms with Gasteiger partial charge in [0.1, 0.15) is 5.82 Å². The minimum atomic E-state index is -0.307. The van der Waals surface area contributed by atoms with Gasteiger partial charge in [0.05, 0.1) is 0 Å². The predicted molar refractivity (Wildman–Crippen MR) is 110 cm³/mol. The van der Waals surface area contributed by atoms with Crippen LogP contribution in [-0.2, 0) is 22.6 Å². The molecule has 0 saturated carbocycles. The average Bonchev–Trinajstić information content (AvgIpc) is 3.05. The molecule has 0 unspecified atom stereocenters. The standard InChI is InChI=1S/C23H24FN3O2/c24-19-5-3-4-17(14-19)16-27-13-12-26(11-10-23(27)29)22(28)9-8-18-15-25-21-7-2-1-6-20(18)21/h1-7,14-15,25H,8-13,16H2. The number of carbonyl (C=O) groups excluding carboxylic acids is 2. The van der Waals surface area contributed by atoms with Crippen molar-refractivity contribution in [1.82, 2.24) is 14.8 Å². The number of aromatic amines is 1. The summed E-state index contributed by atoms with van der Waals surface area (Å²) in [5.74, 6) is -0.240. The Bertz CT molecular complexity index is 1030. The highest BCUT2D eigenvalue weighted by Crippen LogP contribution is 2.20. The maximum atomic E-state index is 13.4. The first-order valence-corrected chi connectivity index (χ1v) is 9.95. The molecular weight excluding hydrogens is 369 g/mol. The number of hydrogen-bond acceptors (Lipinski definition) is 2. The van der Waals surface area contributed by atoms with E-state index < -0.39 is 0 Å². The summed E-state index contributed by atoms with van der Waals surface area (Å²) in [6.45, 7) is 1.78. The van der Waals surface area contributed by atoms with Crippen LogP contribution in [0.5, 0.6) is 0 Å². The molecule has 29 heavy (non-hydrogen) atoms. The molecule has 5 nitrogen and oxygen atoms in total. The molecular formula is C23H24FN3O2. The van der Waals surface area contributed by atoms with E-state index in [-0.39, 0.29) is 17.6 Å². The van der Waals surface area contributed by atoms with Gasteiger partial charge in [-0.1, -0.05) is 30.3 Å². The van der Waals surface area contributed by atoms with Crippen LogP contribution in [0, 0.1) is 5.82 Å². The Morgan fingerprint density at radius 1 is 1.07 bits per heavy atom. The highest BCUT2D eigenvalue weighted by molar-refractivity contribution is 5.84. The minimum absolute atomic E-state index is 0.00110. The second-order valence-electron chi connectivity index (χ2n) is 7.44. The molecule has 0 spiro atoms. The van der Waals surface area contributed by atoms with Gasteiger partial charge in [0.2, 0.25) is 11.8 Å². The maximum Gasteiger partial charge on any atom is 0.224 e. The zero-order valence-corrected chi connectivity index (χ0v) is 16.2. The van der Waals surface area contributed by atoms with Gasteiger partial charge in [0.15, 0.2) is 0 Å². The lowest BCUT2D eigenvalue weighted by atomic mass is 10.1. The molecule has 3 aromatic rings. The number of hydrogen-bond donors (Lipinski definition) is 1. The van der Waals surface area contributed by atoms with Crippen molar-refractivity contribution >= 4 is 22.7 Å². The van der Waals surface area contributed by atoms with Crippen LogP contribution in [0.4, 0.5) is 4.39 Å². The number of nitrogens with one attached hydrogen (secondary N) is 1. The van der Waals surface area contributed by atoms with Gasteiger partial charge in [-0.05, 0) is 35.7 Å². The van der Waals surface area contributed by atoms with E-state index >= 15 is 0 Å². The van der Waals surface area contributed by atoms with Crippen LogP contribution in [0.15, 0.2) is 54.7 Å². The smallest absolute Gasteiger partial charge is 0.224 e. The summed E-state index contributed by atoms with van der Waals surface area (Å²) in [4.78, 5) is 31.9. The van der Waals surface area contributed by atoms with Gasteiger partial charge in [-0.2, -0.15) is 0 Å². The Morgan fingerprint density at radius 2 is 1.93 bits per heavy atom. The lowest BCUT2D eigenvalue weighted by Gasteiger charge is -2.22. The largest absolute Gasteiger partial charge is 0.361 e. The number of halogens is 1. The van der Waals surface area contributed by atoms with Crippen molar-refractivity contribution in [3.05, 3.63) is 71.7 Å². The molecule has 0 bridgehead atoms. The van der Waals surface area contributed by atoms with Crippen molar-refractivity contribution in [3.63, 3.8) is 0 Å². The van der Waals surface area contributed by atoms with Crippen LogP contribution in [0.25, 0.3) is 10.9 Å². The van der Waals surface area contributed by atoms with Crippen molar-refractivity contribution in [3.8, 4) is 0 Å². The van der Waals surface area contributed by atoms with E-state index in [1.807, 2.05) is 30.5 Å². The molecule has 1 saturated heterocycles. The van der Waals surface area contributed by atoms with E-state index in [9.17, 15) is 14.0 Å². The molecule has 2 heterocycles. The molecule has 0 atom stereocenters. The number of aryl methyl sites for hydroxylation is 1. The lowest BCUT2D eigenvalue weighted by molar-refractivity contribution is -0.131. The van der Waals surface area contributed by atoms with Crippen LogP contribution in [0.1, 0.15) is 24.0 Å². The summed E-state index contributed by atoms with van der Waals surface area (Å²) in [7, 11) is 0. The summed E-state index contributed by atoms with van der Waals surface area (Å²) >= 11 is 0. The summed E-state index contributed by atoms with van der Waals surface area (Å²) in [6.07, 6.45) is 3.35. The van der Waals surface area contributed by atoms with Gasteiger partial charge in [-0.3, -0.25) is 9.59 Å². The zero-order valence-electron chi connectivity index (χ0n) is 16.2. The van der Waals surface area contributed by atoms with Crippen LogP contribution in [-0.4, -0.2) is 46.2 Å². The lowest BCUT2D eigenvalue weighted by Crippen LogP contribution is -2.35. The molecule has 6 heteroatoms. The fourth-order valence-corrected chi connectivity index (χ4v) is 3.88. The van der Waals surface area contributed by atoms with Crippen molar-refractivity contribution in [2.45, 2.75) is 25.8 Å². The number of amides is 2. The molecule has 1 aliphatic rings. The van der Waals surface area contributed by atoms with Gasteiger partial charge in [0, 0.05) is 56.1 Å². The van der Waals surface area contributed by atoms with Gasteiger partial charge < -0.3 is 14.8 Å². The molecule has 0 radical (unpaired) electrons. The van der Waals surface area contributed by atoms with Crippen LogP contribution < -0.4 is 0 Å². The molecule has 4 rings (SSSR count). The third-order valence-corrected chi connectivity index (χ3v) is 5.49. The van der Waals surface area contributed by atoms with E-state index in [1.54, 1.807) is 15.9 Å². The number of carbonyl (C=O) groups is 2.